The molecule has 2 nitrogen and oxygen atoms in total. The van der Waals surface area contributed by atoms with Crippen LogP contribution in [0.3, 0.4) is 0 Å². The molecule has 0 aliphatic heterocycles. The summed E-state index contributed by atoms with van der Waals surface area (Å²) in [6, 6.07) is 0. The van der Waals surface area contributed by atoms with Crippen LogP contribution in [0.15, 0.2) is 0 Å². The third-order valence-corrected chi connectivity index (χ3v) is 9.28. The van der Waals surface area contributed by atoms with Crippen molar-refractivity contribution in [1.82, 2.24) is 0 Å². The zero-order chi connectivity index (χ0) is 14.6. The average Bonchev–Trinajstić information content (AvgIpc) is 3.01. The summed E-state index contributed by atoms with van der Waals surface area (Å²) in [7, 11) is 0. The Morgan fingerprint density at radius 1 is 1.10 bits per heavy atom. The van der Waals surface area contributed by atoms with Crippen LogP contribution in [0.2, 0.25) is 0 Å². The number of fused-ring (bicyclic) bond motifs is 4. The first-order chi connectivity index (χ1) is 9.93. The van der Waals surface area contributed by atoms with Crippen molar-refractivity contribution in [2.75, 3.05) is 0 Å². The molecular weight excluding hydrogens is 260 g/mol. The molecule has 116 valence electrons. The Hall–Kier alpha value is -0.370. The number of hydrogen-bond donors (Lipinski definition) is 1. The van der Waals surface area contributed by atoms with Crippen LogP contribution in [-0.2, 0) is 4.79 Å². The molecule has 0 heterocycles. The summed E-state index contributed by atoms with van der Waals surface area (Å²) in [4.78, 5) is 12.4. The SMILES string of the molecule is C[C@@]12CC[C@@H]3C[C@@]31[C@@H](O)C[C@H]1[C@H]2CC[C@]2(C)C(=O)CC[C@@H]12. The summed E-state index contributed by atoms with van der Waals surface area (Å²) in [5.74, 6) is 3.28. The minimum atomic E-state index is -0.0886. The van der Waals surface area contributed by atoms with Gasteiger partial charge in [0.25, 0.3) is 0 Å². The molecule has 0 radical (unpaired) electrons. The second-order valence-electron chi connectivity index (χ2n) is 9.44. The normalized spacial score (nSPS) is 64.5. The summed E-state index contributed by atoms with van der Waals surface area (Å²) in [6.07, 6.45) is 9.10. The fourth-order valence-corrected chi connectivity index (χ4v) is 8.08. The number of rotatable bonds is 0. The van der Waals surface area contributed by atoms with Crippen LogP contribution >= 0.6 is 0 Å². The van der Waals surface area contributed by atoms with Crippen LogP contribution in [-0.4, -0.2) is 17.0 Å². The molecule has 0 unspecified atom stereocenters. The highest BCUT2D eigenvalue weighted by molar-refractivity contribution is 5.87. The molecule has 0 amide bonds. The molecule has 5 aliphatic carbocycles. The van der Waals surface area contributed by atoms with Crippen molar-refractivity contribution in [2.24, 2.45) is 39.9 Å². The summed E-state index contributed by atoms with van der Waals surface area (Å²) >= 11 is 0. The fourth-order valence-electron chi connectivity index (χ4n) is 8.08. The molecule has 5 aliphatic rings. The van der Waals surface area contributed by atoms with E-state index < -0.39 is 0 Å². The number of hydrogen-bond acceptors (Lipinski definition) is 2. The van der Waals surface area contributed by atoms with Crippen LogP contribution in [0.25, 0.3) is 0 Å². The first-order valence-corrected chi connectivity index (χ1v) is 9.15. The minimum absolute atomic E-state index is 0.0523. The van der Waals surface area contributed by atoms with E-state index in [2.05, 4.69) is 13.8 Å². The lowest BCUT2D eigenvalue weighted by Gasteiger charge is -2.59. The van der Waals surface area contributed by atoms with Gasteiger partial charge in [-0.2, -0.15) is 0 Å². The predicted molar refractivity (Wildman–Crippen MR) is 80.6 cm³/mol. The van der Waals surface area contributed by atoms with E-state index in [1.807, 2.05) is 0 Å². The Labute approximate surface area is 127 Å². The standard InChI is InChI=1S/C19H28O2/c1-17-7-6-14-12(13(17)3-4-15(17)20)9-16(21)19-10-11(19)5-8-18(14,19)2/h11-14,16,21H,3-10H2,1-2H3/t11-,12-,13+,14-,16+,17+,18+,19+/m1/s1. The van der Waals surface area contributed by atoms with E-state index in [0.717, 1.165) is 37.5 Å². The van der Waals surface area contributed by atoms with Gasteiger partial charge in [0.2, 0.25) is 0 Å². The van der Waals surface area contributed by atoms with E-state index in [9.17, 15) is 9.90 Å². The molecule has 2 heteroatoms. The Morgan fingerprint density at radius 3 is 2.67 bits per heavy atom. The zero-order valence-corrected chi connectivity index (χ0v) is 13.4. The van der Waals surface area contributed by atoms with E-state index in [-0.39, 0.29) is 16.9 Å². The first-order valence-electron chi connectivity index (χ1n) is 9.15. The Morgan fingerprint density at radius 2 is 1.90 bits per heavy atom. The molecule has 0 bridgehead atoms. The Kier molecular flexibility index (Phi) is 2.23. The lowest BCUT2D eigenvalue weighted by atomic mass is 9.46. The molecule has 5 fully saturated rings. The van der Waals surface area contributed by atoms with Gasteiger partial charge in [0.1, 0.15) is 5.78 Å². The number of carbonyl (C=O) groups excluding carboxylic acids is 1. The van der Waals surface area contributed by atoms with Gasteiger partial charge in [-0.15, -0.1) is 0 Å². The molecule has 21 heavy (non-hydrogen) atoms. The van der Waals surface area contributed by atoms with Crippen molar-refractivity contribution >= 4 is 5.78 Å². The third kappa shape index (κ3) is 1.22. The second-order valence-corrected chi connectivity index (χ2v) is 9.44. The van der Waals surface area contributed by atoms with E-state index in [0.29, 0.717) is 23.0 Å². The van der Waals surface area contributed by atoms with Crippen molar-refractivity contribution in [3.8, 4) is 0 Å². The molecule has 5 saturated carbocycles. The largest absolute Gasteiger partial charge is 0.393 e. The number of aliphatic hydroxyl groups is 1. The van der Waals surface area contributed by atoms with Crippen LogP contribution < -0.4 is 0 Å². The van der Waals surface area contributed by atoms with E-state index >= 15 is 0 Å². The molecular formula is C19H28O2. The van der Waals surface area contributed by atoms with Crippen molar-refractivity contribution in [3.05, 3.63) is 0 Å². The lowest BCUT2D eigenvalue weighted by molar-refractivity contribution is -0.154. The summed E-state index contributed by atoms with van der Waals surface area (Å²) in [6.45, 7) is 4.73. The van der Waals surface area contributed by atoms with Gasteiger partial charge in [-0.3, -0.25) is 4.79 Å². The first kappa shape index (κ1) is 13.1. The Bertz CT molecular complexity index is 528. The van der Waals surface area contributed by atoms with Gasteiger partial charge >= 0.3 is 0 Å². The van der Waals surface area contributed by atoms with E-state index in [1.54, 1.807) is 0 Å². The summed E-state index contributed by atoms with van der Waals surface area (Å²) in [5, 5.41) is 11.0. The molecule has 1 spiro atoms. The van der Waals surface area contributed by atoms with Gasteiger partial charge in [0, 0.05) is 17.3 Å². The molecule has 0 aromatic rings. The van der Waals surface area contributed by atoms with Gasteiger partial charge in [0.15, 0.2) is 0 Å². The maximum absolute atomic E-state index is 12.4. The second kappa shape index (κ2) is 3.58. The van der Waals surface area contributed by atoms with E-state index in [1.165, 1.54) is 25.7 Å². The third-order valence-electron chi connectivity index (χ3n) is 9.28. The number of Topliss-reactive ketones (excluding diaryl/α,β-unsaturated/α-hetero) is 1. The van der Waals surface area contributed by atoms with Gasteiger partial charge in [0.05, 0.1) is 6.10 Å². The lowest BCUT2D eigenvalue weighted by Crippen LogP contribution is -2.56. The topological polar surface area (TPSA) is 37.3 Å². The maximum atomic E-state index is 12.4. The predicted octanol–water partition coefficient (Wildman–Crippen LogP) is 3.57. The number of carbonyl (C=O) groups is 1. The quantitative estimate of drug-likeness (QED) is 0.740. The zero-order valence-electron chi connectivity index (χ0n) is 13.4. The van der Waals surface area contributed by atoms with Crippen molar-refractivity contribution in [3.63, 3.8) is 0 Å². The Balaban J connectivity index is 1.57. The molecule has 0 aromatic heterocycles. The number of ketones is 1. The van der Waals surface area contributed by atoms with Gasteiger partial charge in [-0.1, -0.05) is 13.8 Å². The molecule has 8 atom stereocenters. The molecule has 0 saturated heterocycles. The number of aliphatic hydroxyl groups excluding tert-OH is 1. The molecule has 1 N–H and O–H groups in total. The van der Waals surface area contributed by atoms with Crippen LogP contribution in [0.5, 0.6) is 0 Å². The highest BCUT2D eigenvalue weighted by Crippen LogP contribution is 2.81. The average molecular weight is 288 g/mol. The van der Waals surface area contributed by atoms with E-state index in [4.69, 9.17) is 0 Å². The van der Waals surface area contributed by atoms with Crippen molar-refractivity contribution < 1.29 is 9.90 Å². The summed E-state index contributed by atoms with van der Waals surface area (Å²) < 4.78 is 0. The van der Waals surface area contributed by atoms with Crippen molar-refractivity contribution in [2.45, 2.75) is 71.3 Å². The summed E-state index contributed by atoms with van der Waals surface area (Å²) in [5.41, 5.74) is 0.598. The monoisotopic (exact) mass is 288 g/mol. The fraction of sp³-hybridized carbons (Fsp3) is 0.947. The smallest absolute Gasteiger partial charge is 0.139 e. The molecule has 0 aromatic carbocycles. The van der Waals surface area contributed by atoms with Crippen LogP contribution in [0.1, 0.15) is 65.2 Å². The van der Waals surface area contributed by atoms with Gasteiger partial charge < -0.3 is 5.11 Å². The van der Waals surface area contributed by atoms with Gasteiger partial charge in [-0.05, 0) is 74.0 Å². The maximum Gasteiger partial charge on any atom is 0.139 e. The van der Waals surface area contributed by atoms with Crippen LogP contribution in [0.4, 0.5) is 0 Å². The highest BCUT2D eigenvalue weighted by Gasteiger charge is 2.77. The molecule has 5 rings (SSSR count). The highest BCUT2D eigenvalue weighted by atomic mass is 16.3. The van der Waals surface area contributed by atoms with Crippen molar-refractivity contribution in [1.29, 1.82) is 0 Å². The van der Waals surface area contributed by atoms with Gasteiger partial charge in [-0.25, -0.2) is 0 Å². The van der Waals surface area contributed by atoms with Crippen LogP contribution in [0, 0.1) is 39.9 Å². The minimum Gasteiger partial charge on any atom is -0.393 e.